The number of benzene rings is 3. The van der Waals surface area contributed by atoms with Gasteiger partial charge in [-0.25, -0.2) is 8.42 Å². The largest absolute Gasteiger partial charge is 0.493 e. The van der Waals surface area contributed by atoms with Gasteiger partial charge >= 0.3 is 0 Å². The SMILES string of the molecule is COc1ccc(C2=C(c3ccc(C)cc3)C(=O)N(Cc3ccc(S(C)(=O)=O)cc3)C2=O)cc1OC. The van der Waals surface area contributed by atoms with Crippen molar-refractivity contribution in [3.05, 3.63) is 89.0 Å². The molecule has 0 N–H and O–H groups in total. The minimum absolute atomic E-state index is 0.00780. The molecular weight excluding hydrogens is 466 g/mol. The van der Waals surface area contributed by atoms with E-state index in [-0.39, 0.29) is 17.0 Å². The predicted molar refractivity (Wildman–Crippen MR) is 133 cm³/mol. The van der Waals surface area contributed by atoms with Crippen LogP contribution in [0, 0.1) is 6.92 Å². The lowest BCUT2D eigenvalue weighted by Crippen LogP contribution is -2.31. The number of sulfone groups is 1. The van der Waals surface area contributed by atoms with E-state index in [1.165, 1.54) is 31.3 Å². The molecule has 0 bridgehead atoms. The Morgan fingerprint density at radius 1 is 0.743 bits per heavy atom. The third-order valence-electron chi connectivity index (χ3n) is 5.87. The number of rotatable bonds is 7. The Balaban J connectivity index is 1.79. The number of carbonyl (C=O) groups is 2. The van der Waals surface area contributed by atoms with E-state index in [9.17, 15) is 18.0 Å². The second-order valence-corrected chi connectivity index (χ2v) is 10.3. The van der Waals surface area contributed by atoms with Gasteiger partial charge in [0.2, 0.25) is 0 Å². The summed E-state index contributed by atoms with van der Waals surface area (Å²) in [5, 5.41) is 0. The molecule has 3 aromatic carbocycles. The molecule has 7 nitrogen and oxygen atoms in total. The first-order valence-corrected chi connectivity index (χ1v) is 12.7. The summed E-state index contributed by atoms with van der Waals surface area (Å²) < 4.78 is 34.3. The van der Waals surface area contributed by atoms with Crippen LogP contribution < -0.4 is 9.47 Å². The van der Waals surface area contributed by atoms with Crippen LogP contribution in [0.5, 0.6) is 11.5 Å². The molecule has 0 aromatic heterocycles. The van der Waals surface area contributed by atoms with E-state index >= 15 is 0 Å². The number of hydrogen-bond donors (Lipinski definition) is 0. The molecule has 1 aliphatic heterocycles. The van der Waals surface area contributed by atoms with E-state index in [4.69, 9.17) is 9.47 Å². The number of imide groups is 1. The molecule has 1 heterocycles. The number of ether oxygens (including phenoxy) is 2. The van der Waals surface area contributed by atoms with Crippen molar-refractivity contribution >= 4 is 32.8 Å². The Labute approximate surface area is 204 Å². The topological polar surface area (TPSA) is 90.0 Å². The molecule has 180 valence electrons. The fourth-order valence-corrected chi connectivity index (χ4v) is 4.62. The molecule has 4 rings (SSSR count). The van der Waals surface area contributed by atoms with Crippen LogP contribution in [0.25, 0.3) is 11.1 Å². The highest BCUT2D eigenvalue weighted by Gasteiger charge is 2.39. The highest BCUT2D eigenvalue weighted by atomic mass is 32.2. The van der Waals surface area contributed by atoms with Gasteiger partial charge in [0.05, 0.1) is 36.8 Å². The Morgan fingerprint density at radius 3 is 1.83 bits per heavy atom. The molecule has 0 atom stereocenters. The molecule has 1 aliphatic rings. The molecule has 0 spiro atoms. The highest BCUT2D eigenvalue weighted by molar-refractivity contribution is 7.90. The van der Waals surface area contributed by atoms with Crippen molar-refractivity contribution in [1.29, 1.82) is 0 Å². The summed E-state index contributed by atoms with van der Waals surface area (Å²) in [7, 11) is -0.323. The fraction of sp³-hybridized carbons (Fsp3) is 0.185. The van der Waals surface area contributed by atoms with Crippen LogP contribution in [0.4, 0.5) is 0 Å². The van der Waals surface area contributed by atoms with Gasteiger partial charge in [-0.05, 0) is 47.9 Å². The minimum Gasteiger partial charge on any atom is -0.493 e. The lowest BCUT2D eigenvalue weighted by molar-refractivity contribution is -0.136. The zero-order valence-corrected chi connectivity index (χ0v) is 20.7. The zero-order valence-electron chi connectivity index (χ0n) is 19.9. The number of methoxy groups -OCH3 is 2. The predicted octanol–water partition coefficient (Wildman–Crippen LogP) is 3.90. The Kier molecular flexibility index (Phi) is 6.49. The summed E-state index contributed by atoms with van der Waals surface area (Å²) in [4.78, 5) is 28.6. The van der Waals surface area contributed by atoms with Crippen molar-refractivity contribution < 1.29 is 27.5 Å². The first-order chi connectivity index (χ1) is 16.6. The monoisotopic (exact) mass is 491 g/mol. The van der Waals surface area contributed by atoms with Crippen LogP contribution in [-0.4, -0.2) is 45.6 Å². The lowest BCUT2D eigenvalue weighted by atomic mass is 9.95. The quantitative estimate of drug-likeness (QED) is 0.466. The van der Waals surface area contributed by atoms with Crippen molar-refractivity contribution in [1.82, 2.24) is 4.90 Å². The van der Waals surface area contributed by atoms with Crippen molar-refractivity contribution in [2.24, 2.45) is 0 Å². The summed E-state index contributed by atoms with van der Waals surface area (Å²) in [5.74, 6) is 0.0879. The minimum atomic E-state index is -3.35. The maximum absolute atomic E-state index is 13.6. The highest BCUT2D eigenvalue weighted by Crippen LogP contribution is 2.39. The van der Waals surface area contributed by atoms with E-state index in [2.05, 4.69) is 0 Å². The van der Waals surface area contributed by atoms with Gasteiger partial charge in [0.1, 0.15) is 0 Å². The van der Waals surface area contributed by atoms with Crippen LogP contribution in [0.3, 0.4) is 0 Å². The fourth-order valence-electron chi connectivity index (χ4n) is 3.99. The van der Waals surface area contributed by atoms with Gasteiger partial charge in [-0.3, -0.25) is 14.5 Å². The van der Waals surface area contributed by atoms with E-state index in [1.807, 2.05) is 31.2 Å². The summed E-state index contributed by atoms with van der Waals surface area (Å²) in [6, 6.07) is 18.7. The van der Waals surface area contributed by atoms with Crippen molar-refractivity contribution in [2.75, 3.05) is 20.5 Å². The normalized spacial score (nSPS) is 14.0. The molecule has 0 saturated heterocycles. The van der Waals surface area contributed by atoms with Crippen molar-refractivity contribution in [2.45, 2.75) is 18.4 Å². The van der Waals surface area contributed by atoms with Gasteiger partial charge in [-0.15, -0.1) is 0 Å². The summed E-state index contributed by atoms with van der Waals surface area (Å²) in [5.41, 5.74) is 3.40. The number of carbonyl (C=O) groups excluding carboxylic acids is 2. The average molecular weight is 492 g/mol. The molecule has 0 aliphatic carbocycles. The summed E-state index contributed by atoms with van der Waals surface area (Å²) in [6.07, 6.45) is 1.13. The van der Waals surface area contributed by atoms with E-state index < -0.39 is 21.7 Å². The summed E-state index contributed by atoms with van der Waals surface area (Å²) >= 11 is 0. The lowest BCUT2D eigenvalue weighted by Gasteiger charge is -2.16. The van der Waals surface area contributed by atoms with E-state index in [0.717, 1.165) is 11.8 Å². The first kappa shape index (κ1) is 24.2. The van der Waals surface area contributed by atoms with E-state index in [1.54, 1.807) is 30.3 Å². The van der Waals surface area contributed by atoms with Gasteiger partial charge < -0.3 is 9.47 Å². The van der Waals surface area contributed by atoms with E-state index in [0.29, 0.717) is 33.8 Å². The molecule has 0 saturated carbocycles. The van der Waals surface area contributed by atoms with Crippen LogP contribution in [0.2, 0.25) is 0 Å². The van der Waals surface area contributed by atoms with Gasteiger partial charge in [-0.2, -0.15) is 0 Å². The molecule has 3 aromatic rings. The number of nitrogens with zero attached hydrogens (tertiary/aromatic N) is 1. The average Bonchev–Trinajstić information content (AvgIpc) is 3.08. The van der Waals surface area contributed by atoms with Crippen LogP contribution >= 0.6 is 0 Å². The first-order valence-electron chi connectivity index (χ1n) is 10.8. The number of hydrogen-bond acceptors (Lipinski definition) is 6. The van der Waals surface area contributed by atoms with Gasteiger partial charge in [-0.1, -0.05) is 48.0 Å². The molecule has 0 radical (unpaired) electrons. The van der Waals surface area contributed by atoms with Crippen molar-refractivity contribution in [3.8, 4) is 11.5 Å². The molecular formula is C27H25NO6S. The number of amides is 2. The second-order valence-electron chi connectivity index (χ2n) is 8.30. The molecule has 8 heteroatoms. The maximum atomic E-state index is 13.6. The van der Waals surface area contributed by atoms with Crippen LogP contribution in [-0.2, 0) is 26.0 Å². The summed E-state index contributed by atoms with van der Waals surface area (Å²) in [6.45, 7) is 1.95. The molecule has 0 fully saturated rings. The Bertz CT molecular complexity index is 1440. The zero-order chi connectivity index (χ0) is 25.3. The Morgan fingerprint density at radius 2 is 1.29 bits per heavy atom. The maximum Gasteiger partial charge on any atom is 0.262 e. The van der Waals surface area contributed by atoms with Gasteiger partial charge in [0.15, 0.2) is 21.3 Å². The van der Waals surface area contributed by atoms with Crippen molar-refractivity contribution in [3.63, 3.8) is 0 Å². The van der Waals surface area contributed by atoms with Gasteiger partial charge in [0, 0.05) is 6.26 Å². The molecule has 35 heavy (non-hydrogen) atoms. The third kappa shape index (κ3) is 4.70. The smallest absolute Gasteiger partial charge is 0.262 e. The van der Waals surface area contributed by atoms with Crippen LogP contribution in [0.15, 0.2) is 71.6 Å². The molecule has 0 unspecified atom stereocenters. The van der Waals surface area contributed by atoms with Crippen LogP contribution in [0.1, 0.15) is 22.3 Å². The third-order valence-corrected chi connectivity index (χ3v) is 7.00. The van der Waals surface area contributed by atoms with Gasteiger partial charge in [0.25, 0.3) is 11.8 Å². The standard InChI is InChI=1S/C27H25NO6S/c1-17-5-9-19(10-6-17)24-25(20-11-14-22(33-2)23(15-20)34-3)27(30)28(26(24)29)16-18-7-12-21(13-8-18)35(4,31)32/h5-15H,16H2,1-4H3. The Hall–Kier alpha value is -3.91. The number of aryl methyl sites for hydroxylation is 1. The second kappa shape index (κ2) is 9.38. The molecule has 2 amide bonds.